The summed E-state index contributed by atoms with van der Waals surface area (Å²) in [6.45, 7) is 1.38. The van der Waals surface area contributed by atoms with Gasteiger partial charge in [-0.25, -0.2) is 26.7 Å². The highest BCUT2D eigenvalue weighted by Crippen LogP contribution is 2.54. The molecule has 2 aliphatic carbocycles. The smallest absolute Gasteiger partial charge is 0.356 e. The molecule has 0 bridgehead atoms. The second-order valence-electron chi connectivity index (χ2n) is 7.05. The van der Waals surface area contributed by atoms with Crippen LogP contribution in [0.2, 0.25) is 0 Å². The second kappa shape index (κ2) is 5.16. The minimum Gasteiger partial charge on any atom is -0.464 e. The van der Waals surface area contributed by atoms with Gasteiger partial charge in [-0.05, 0) is 18.3 Å². The van der Waals surface area contributed by atoms with Crippen molar-refractivity contribution in [3.05, 3.63) is 17.0 Å². The van der Waals surface area contributed by atoms with Crippen molar-refractivity contribution in [2.75, 3.05) is 7.11 Å². The third kappa shape index (κ3) is 2.77. The first kappa shape index (κ1) is 17.2. The minimum atomic E-state index is -3.12. The zero-order valence-corrected chi connectivity index (χ0v) is 13.2. The molecular formula is C15H17F5N2O2. The van der Waals surface area contributed by atoms with E-state index in [4.69, 9.17) is 0 Å². The number of carbonyl (C=O) groups excluding carboxylic acids is 1. The number of hydrogen-bond donors (Lipinski definition) is 0. The number of rotatable bonds is 5. The molecule has 2 fully saturated rings. The number of carbonyl (C=O) groups is 1. The van der Waals surface area contributed by atoms with Crippen LogP contribution in [0.25, 0.3) is 0 Å². The van der Waals surface area contributed by atoms with E-state index in [-0.39, 0.29) is 19.4 Å². The number of esters is 1. The van der Waals surface area contributed by atoms with Crippen LogP contribution in [-0.2, 0) is 17.0 Å². The van der Waals surface area contributed by atoms with Crippen LogP contribution in [0.3, 0.4) is 0 Å². The molecule has 0 aromatic carbocycles. The van der Waals surface area contributed by atoms with E-state index in [2.05, 4.69) is 9.84 Å². The van der Waals surface area contributed by atoms with Gasteiger partial charge in [-0.2, -0.15) is 5.10 Å². The first-order valence-corrected chi connectivity index (χ1v) is 7.55. The van der Waals surface area contributed by atoms with Gasteiger partial charge < -0.3 is 4.74 Å². The molecule has 1 aromatic rings. The van der Waals surface area contributed by atoms with Gasteiger partial charge >= 0.3 is 5.97 Å². The lowest BCUT2D eigenvalue weighted by Crippen LogP contribution is -2.47. The molecule has 0 aliphatic heterocycles. The molecule has 24 heavy (non-hydrogen) atoms. The van der Waals surface area contributed by atoms with Crippen LogP contribution in [0.5, 0.6) is 0 Å². The highest BCUT2D eigenvalue weighted by Gasteiger charge is 2.55. The van der Waals surface area contributed by atoms with Crippen molar-refractivity contribution in [1.29, 1.82) is 0 Å². The Labute approximate surface area is 135 Å². The van der Waals surface area contributed by atoms with Gasteiger partial charge in [0, 0.05) is 19.4 Å². The van der Waals surface area contributed by atoms with Crippen molar-refractivity contribution in [2.24, 2.45) is 5.41 Å². The molecule has 2 saturated carbocycles. The summed E-state index contributed by atoms with van der Waals surface area (Å²) in [5.41, 5.74) is -4.71. The molecule has 0 atom stereocenters. The maximum Gasteiger partial charge on any atom is 0.356 e. The van der Waals surface area contributed by atoms with E-state index in [9.17, 15) is 26.7 Å². The van der Waals surface area contributed by atoms with Crippen molar-refractivity contribution in [1.82, 2.24) is 9.78 Å². The van der Waals surface area contributed by atoms with Gasteiger partial charge in [0.15, 0.2) is 11.4 Å². The molecule has 0 amide bonds. The van der Waals surface area contributed by atoms with E-state index in [1.54, 1.807) is 6.92 Å². The quantitative estimate of drug-likeness (QED) is 0.594. The second-order valence-corrected chi connectivity index (χ2v) is 7.05. The molecule has 2 aliphatic rings. The van der Waals surface area contributed by atoms with Crippen LogP contribution in [0.1, 0.15) is 60.8 Å². The van der Waals surface area contributed by atoms with Crippen LogP contribution in [0, 0.1) is 5.41 Å². The van der Waals surface area contributed by atoms with Crippen molar-refractivity contribution < 1.29 is 31.5 Å². The third-order valence-electron chi connectivity index (χ3n) is 4.60. The third-order valence-corrected chi connectivity index (χ3v) is 4.60. The molecule has 0 saturated heterocycles. The van der Waals surface area contributed by atoms with E-state index >= 15 is 0 Å². The first-order valence-electron chi connectivity index (χ1n) is 7.55. The number of aromatic nitrogens is 2. The van der Waals surface area contributed by atoms with E-state index in [0.717, 1.165) is 11.8 Å². The van der Waals surface area contributed by atoms with E-state index < -0.39 is 59.2 Å². The summed E-state index contributed by atoms with van der Waals surface area (Å²) in [4.78, 5) is 12.0. The summed E-state index contributed by atoms with van der Waals surface area (Å²) < 4.78 is 73.1. The highest BCUT2D eigenvalue weighted by atomic mass is 19.3. The standard InChI is InChI=1S/C15H17F5N2O2/c1-13(5-15(19,20)6-13)7-22-9(12(23)24-2)8(11(16)17)10(21-22)14(18)3-4-14/h11H,3-7H2,1-2H3. The normalized spacial score (nSPS) is 23.0. The lowest BCUT2D eigenvalue weighted by Gasteiger charge is -2.44. The molecule has 0 radical (unpaired) electrons. The van der Waals surface area contributed by atoms with Gasteiger partial charge in [0.25, 0.3) is 6.43 Å². The Morgan fingerprint density at radius 2 is 1.88 bits per heavy atom. The number of alkyl halides is 5. The van der Waals surface area contributed by atoms with E-state index in [1.165, 1.54) is 0 Å². The highest BCUT2D eigenvalue weighted by molar-refractivity contribution is 5.89. The van der Waals surface area contributed by atoms with Crippen LogP contribution in [-0.4, -0.2) is 28.8 Å². The molecule has 1 heterocycles. The van der Waals surface area contributed by atoms with Crippen LogP contribution >= 0.6 is 0 Å². The van der Waals surface area contributed by atoms with Crippen molar-refractivity contribution in [3.63, 3.8) is 0 Å². The molecule has 0 unspecified atom stereocenters. The Morgan fingerprint density at radius 3 is 2.29 bits per heavy atom. The number of ether oxygens (including phenoxy) is 1. The largest absolute Gasteiger partial charge is 0.464 e. The average molecular weight is 352 g/mol. The van der Waals surface area contributed by atoms with Gasteiger partial charge in [-0.15, -0.1) is 0 Å². The van der Waals surface area contributed by atoms with Crippen LogP contribution < -0.4 is 0 Å². The predicted molar refractivity (Wildman–Crippen MR) is 72.8 cm³/mol. The summed E-state index contributed by atoms with van der Waals surface area (Å²) in [6.07, 6.45) is -3.92. The summed E-state index contributed by atoms with van der Waals surface area (Å²) in [6, 6.07) is 0. The Hall–Kier alpha value is -1.67. The van der Waals surface area contributed by atoms with E-state index in [0.29, 0.717) is 0 Å². The Bertz CT molecular complexity index is 674. The molecule has 0 N–H and O–H groups in total. The molecule has 0 spiro atoms. The van der Waals surface area contributed by atoms with Gasteiger partial charge in [0.2, 0.25) is 5.92 Å². The Kier molecular flexibility index (Phi) is 3.69. The number of methoxy groups -OCH3 is 1. The van der Waals surface area contributed by atoms with E-state index in [1.807, 2.05) is 0 Å². The number of halogens is 5. The molecule has 3 rings (SSSR count). The lowest BCUT2D eigenvalue weighted by molar-refractivity contribution is -0.160. The summed E-state index contributed by atoms with van der Waals surface area (Å²) in [5.74, 6) is -3.90. The molecular weight excluding hydrogens is 335 g/mol. The van der Waals surface area contributed by atoms with Crippen molar-refractivity contribution in [2.45, 2.75) is 57.2 Å². The van der Waals surface area contributed by atoms with Crippen molar-refractivity contribution >= 4 is 5.97 Å². The van der Waals surface area contributed by atoms with Crippen molar-refractivity contribution in [3.8, 4) is 0 Å². The van der Waals surface area contributed by atoms with Gasteiger partial charge in [-0.3, -0.25) is 4.68 Å². The predicted octanol–water partition coefficient (Wildman–Crippen LogP) is 4.00. The maximum absolute atomic E-state index is 14.4. The SMILES string of the molecule is COC(=O)c1c(C(F)F)c(C2(F)CC2)nn1CC1(C)CC(F)(F)C1. The van der Waals surface area contributed by atoms with Crippen LogP contribution in [0.4, 0.5) is 22.0 Å². The fourth-order valence-corrected chi connectivity index (χ4v) is 3.46. The molecule has 4 nitrogen and oxygen atoms in total. The zero-order chi connectivity index (χ0) is 17.9. The van der Waals surface area contributed by atoms with Gasteiger partial charge in [0.1, 0.15) is 5.69 Å². The molecule has 9 heteroatoms. The monoisotopic (exact) mass is 352 g/mol. The summed E-state index contributed by atoms with van der Waals surface area (Å²) in [7, 11) is 1.01. The summed E-state index contributed by atoms with van der Waals surface area (Å²) >= 11 is 0. The Morgan fingerprint density at radius 1 is 1.29 bits per heavy atom. The van der Waals surface area contributed by atoms with Gasteiger partial charge in [-0.1, -0.05) is 6.92 Å². The van der Waals surface area contributed by atoms with Crippen LogP contribution in [0.15, 0.2) is 0 Å². The maximum atomic E-state index is 14.4. The number of nitrogens with zero attached hydrogens (tertiary/aromatic N) is 2. The Balaban J connectivity index is 2.03. The summed E-state index contributed by atoms with van der Waals surface area (Å²) in [5, 5.41) is 3.86. The number of hydrogen-bond acceptors (Lipinski definition) is 3. The first-order chi connectivity index (χ1) is 11.0. The fraction of sp³-hybridized carbons (Fsp3) is 0.733. The minimum absolute atomic E-state index is 0.0414. The zero-order valence-electron chi connectivity index (χ0n) is 13.2. The average Bonchev–Trinajstić information content (AvgIpc) is 3.05. The molecule has 1 aromatic heterocycles. The lowest BCUT2D eigenvalue weighted by atomic mass is 9.67. The molecule has 134 valence electrons. The fourth-order valence-electron chi connectivity index (χ4n) is 3.46. The van der Waals surface area contributed by atoms with Gasteiger partial charge in [0.05, 0.1) is 12.7 Å². The topological polar surface area (TPSA) is 44.1 Å².